The van der Waals surface area contributed by atoms with Crippen LogP contribution >= 0.6 is 11.6 Å². The normalized spacial score (nSPS) is 12.0. The number of pyridine rings is 2. The van der Waals surface area contributed by atoms with E-state index in [2.05, 4.69) is 25.3 Å². The molecule has 0 aliphatic carbocycles. The van der Waals surface area contributed by atoms with Crippen LogP contribution in [0.3, 0.4) is 0 Å². The number of methoxy groups -OCH3 is 1. The number of para-hydroxylation sites is 1. The van der Waals surface area contributed by atoms with Crippen molar-refractivity contribution >= 4 is 28.5 Å². The molecule has 0 aliphatic heterocycles. The van der Waals surface area contributed by atoms with Gasteiger partial charge in [-0.1, -0.05) is 23.7 Å². The van der Waals surface area contributed by atoms with Gasteiger partial charge >= 0.3 is 0 Å². The zero-order chi connectivity index (χ0) is 20.4. The molecule has 0 amide bonds. The third-order valence-electron chi connectivity index (χ3n) is 4.57. The molecule has 0 saturated carbocycles. The predicted octanol–water partition coefficient (Wildman–Crippen LogP) is 4.22. The van der Waals surface area contributed by atoms with Gasteiger partial charge in [0.2, 0.25) is 11.8 Å². The Bertz CT molecular complexity index is 1240. The third-order valence-corrected chi connectivity index (χ3v) is 4.88. The van der Waals surface area contributed by atoms with Crippen molar-refractivity contribution in [2.24, 2.45) is 0 Å². The fourth-order valence-electron chi connectivity index (χ4n) is 3.13. The number of fused-ring (bicyclic) bond motifs is 1. The van der Waals surface area contributed by atoms with Crippen LogP contribution < -0.4 is 15.6 Å². The number of hydrogen-bond acceptors (Lipinski definition) is 6. The van der Waals surface area contributed by atoms with Crippen LogP contribution in [0.15, 0.2) is 59.7 Å². The van der Waals surface area contributed by atoms with Crippen LogP contribution in [-0.4, -0.2) is 27.0 Å². The lowest BCUT2D eigenvalue weighted by Crippen LogP contribution is -2.20. The monoisotopic (exact) mass is 407 g/mol. The van der Waals surface area contributed by atoms with Crippen LogP contribution in [-0.2, 0) is 0 Å². The number of rotatable bonds is 5. The first-order valence-corrected chi connectivity index (χ1v) is 9.35. The zero-order valence-corrected chi connectivity index (χ0v) is 16.6. The van der Waals surface area contributed by atoms with Gasteiger partial charge in [-0.05, 0) is 37.3 Å². The molecule has 0 fully saturated rings. The van der Waals surface area contributed by atoms with Crippen LogP contribution in [0.4, 0.5) is 5.95 Å². The highest BCUT2D eigenvalue weighted by atomic mass is 35.5. The van der Waals surface area contributed by atoms with E-state index in [4.69, 9.17) is 16.3 Å². The van der Waals surface area contributed by atoms with Gasteiger partial charge < -0.3 is 15.0 Å². The number of ether oxygens (including phenoxy) is 1. The van der Waals surface area contributed by atoms with Gasteiger partial charge in [-0.25, -0.2) is 15.0 Å². The van der Waals surface area contributed by atoms with Gasteiger partial charge in [-0.3, -0.25) is 4.79 Å². The summed E-state index contributed by atoms with van der Waals surface area (Å²) in [7, 11) is 1.56. The summed E-state index contributed by atoms with van der Waals surface area (Å²) >= 11 is 6.17. The van der Waals surface area contributed by atoms with E-state index in [-0.39, 0.29) is 11.6 Å². The van der Waals surface area contributed by atoms with Gasteiger partial charge in [0.1, 0.15) is 0 Å². The van der Waals surface area contributed by atoms with Crippen LogP contribution in [0.1, 0.15) is 18.5 Å². The Morgan fingerprint density at radius 3 is 2.83 bits per heavy atom. The fraction of sp³-hybridized carbons (Fsp3) is 0.143. The van der Waals surface area contributed by atoms with Crippen LogP contribution in [0.2, 0.25) is 5.02 Å². The number of aromatic nitrogens is 4. The van der Waals surface area contributed by atoms with Crippen molar-refractivity contribution in [3.63, 3.8) is 0 Å². The lowest BCUT2D eigenvalue weighted by atomic mass is 10.1. The van der Waals surface area contributed by atoms with E-state index >= 15 is 0 Å². The van der Waals surface area contributed by atoms with E-state index in [1.807, 2.05) is 37.3 Å². The lowest BCUT2D eigenvalue weighted by Gasteiger charge is -2.15. The number of nitrogens with zero attached hydrogens (tertiary/aromatic N) is 3. The second-order valence-corrected chi connectivity index (χ2v) is 6.86. The summed E-state index contributed by atoms with van der Waals surface area (Å²) in [6.45, 7) is 1.88. The van der Waals surface area contributed by atoms with E-state index < -0.39 is 0 Å². The van der Waals surface area contributed by atoms with E-state index in [9.17, 15) is 4.79 Å². The quantitative estimate of drug-likeness (QED) is 0.514. The van der Waals surface area contributed by atoms with Crippen molar-refractivity contribution in [1.29, 1.82) is 0 Å². The van der Waals surface area contributed by atoms with Gasteiger partial charge in [0.05, 0.1) is 34.9 Å². The van der Waals surface area contributed by atoms with Gasteiger partial charge in [-0.2, -0.15) is 0 Å². The Kier molecular flexibility index (Phi) is 5.14. The molecule has 4 aromatic rings. The van der Waals surface area contributed by atoms with Crippen molar-refractivity contribution in [3.05, 3.63) is 75.8 Å². The van der Waals surface area contributed by atoms with Crippen LogP contribution in [0, 0.1) is 0 Å². The highest BCUT2D eigenvalue weighted by Crippen LogP contribution is 2.27. The molecule has 146 valence electrons. The van der Waals surface area contributed by atoms with Crippen molar-refractivity contribution < 1.29 is 4.74 Å². The van der Waals surface area contributed by atoms with Gasteiger partial charge in [0.15, 0.2) is 0 Å². The summed E-state index contributed by atoms with van der Waals surface area (Å²) < 4.78 is 5.31. The number of benzene rings is 1. The first-order chi connectivity index (χ1) is 14.1. The standard InChI is InChI=1S/C21H18ClN5O2/c1-12(15-11-13-5-3-7-16(22)18(13)27-19(15)28)25-21-24-10-8-17(26-21)14-6-4-9-23-20(14)29-2/h3-12H,1-2H3,(H,27,28)(H,24,25,26)/t12-/m0/s1. The van der Waals surface area contributed by atoms with E-state index in [1.54, 1.807) is 31.6 Å². The summed E-state index contributed by atoms with van der Waals surface area (Å²) in [5, 5.41) is 4.55. The molecular formula is C21H18ClN5O2. The maximum atomic E-state index is 12.6. The Hall–Kier alpha value is -3.45. The molecule has 0 saturated heterocycles. The summed E-state index contributed by atoms with van der Waals surface area (Å²) in [4.78, 5) is 28.4. The molecule has 0 spiro atoms. The van der Waals surface area contributed by atoms with Gasteiger partial charge in [0, 0.05) is 23.3 Å². The topological polar surface area (TPSA) is 92.8 Å². The smallest absolute Gasteiger partial charge is 0.253 e. The first-order valence-electron chi connectivity index (χ1n) is 8.97. The zero-order valence-electron chi connectivity index (χ0n) is 15.8. The maximum absolute atomic E-state index is 12.6. The highest BCUT2D eigenvalue weighted by molar-refractivity contribution is 6.35. The molecule has 0 bridgehead atoms. The summed E-state index contributed by atoms with van der Waals surface area (Å²) in [6.07, 6.45) is 3.30. The van der Waals surface area contributed by atoms with Gasteiger partial charge in [0.25, 0.3) is 5.56 Å². The molecule has 3 heterocycles. The molecule has 29 heavy (non-hydrogen) atoms. The first kappa shape index (κ1) is 18.9. The Balaban J connectivity index is 1.66. The minimum absolute atomic E-state index is 0.212. The molecule has 1 atom stereocenters. The summed E-state index contributed by atoms with van der Waals surface area (Å²) in [6, 6.07) is 12.5. The molecule has 8 heteroatoms. The SMILES string of the molecule is COc1ncccc1-c1ccnc(N[C@@H](C)c2cc3cccc(Cl)c3[nH]c2=O)n1. The molecule has 4 rings (SSSR count). The Morgan fingerprint density at radius 1 is 1.14 bits per heavy atom. The Morgan fingerprint density at radius 2 is 2.00 bits per heavy atom. The summed E-state index contributed by atoms with van der Waals surface area (Å²) in [5.41, 5.74) is 2.39. The minimum Gasteiger partial charge on any atom is -0.481 e. The number of nitrogens with one attached hydrogen (secondary N) is 2. The second-order valence-electron chi connectivity index (χ2n) is 6.45. The molecule has 0 radical (unpaired) electrons. The van der Waals surface area contributed by atoms with Crippen LogP contribution in [0.25, 0.3) is 22.2 Å². The molecule has 3 aromatic heterocycles. The van der Waals surface area contributed by atoms with Gasteiger partial charge in [-0.15, -0.1) is 0 Å². The van der Waals surface area contributed by atoms with Crippen molar-refractivity contribution in [1.82, 2.24) is 19.9 Å². The third kappa shape index (κ3) is 3.77. The summed E-state index contributed by atoms with van der Waals surface area (Å²) in [5.74, 6) is 0.875. The van der Waals surface area contributed by atoms with E-state index in [1.165, 1.54) is 0 Å². The predicted molar refractivity (Wildman–Crippen MR) is 113 cm³/mol. The molecule has 0 aliphatic rings. The number of anilines is 1. The van der Waals surface area contributed by atoms with Crippen LogP contribution in [0.5, 0.6) is 5.88 Å². The molecular weight excluding hydrogens is 390 g/mol. The maximum Gasteiger partial charge on any atom is 0.253 e. The average Bonchev–Trinajstić information content (AvgIpc) is 2.74. The number of aromatic amines is 1. The molecule has 7 nitrogen and oxygen atoms in total. The molecule has 0 unspecified atom stereocenters. The van der Waals surface area contributed by atoms with Crippen molar-refractivity contribution in [3.8, 4) is 17.1 Å². The van der Waals surface area contributed by atoms with E-state index in [0.29, 0.717) is 33.6 Å². The lowest BCUT2D eigenvalue weighted by molar-refractivity contribution is 0.399. The minimum atomic E-state index is -0.326. The number of hydrogen-bond donors (Lipinski definition) is 2. The molecule has 2 N–H and O–H groups in total. The van der Waals surface area contributed by atoms with Crippen molar-refractivity contribution in [2.45, 2.75) is 13.0 Å². The van der Waals surface area contributed by atoms with Crippen molar-refractivity contribution in [2.75, 3.05) is 12.4 Å². The second kappa shape index (κ2) is 7.89. The largest absolute Gasteiger partial charge is 0.481 e. The molecule has 1 aromatic carbocycles. The average molecular weight is 408 g/mol. The number of halogens is 1. The number of H-pyrrole nitrogens is 1. The van der Waals surface area contributed by atoms with E-state index in [0.717, 1.165) is 10.9 Å². The fourth-order valence-corrected chi connectivity index (χ4v) is 3.36. The highest BCUT2D eigenvalue weighted by Gasteiger charge is 2.15. The Labute approximate surface area is 171 Å².